The molecule has 0 radical (unpaired) electrons. The van der Waals surface area contributed by atoms with Crippen LogP contribution >= 0.6 is 0 Å². The second kappa shape index (κ2) is 9.18. The molecule has 3 aromatic rings. The number of fused-ring (bicyclic) bond motifs is 1. The summed E-state index contributed by atoms with van der Waals surface area (Å²) in [5.41, 5.74) is 16.2. The maximum absolute atomic E-state index is 11.5. The highest BCUT2D eigenvalue weighted by Crippen LogP contribution is 2.32. The molecule has 2 aliphatic rings. The van der Waals surface area contributed by atoms with Crippen molar-refractivity contribution in [1.29, 1.82) is 0 Å². The van der Waals surface area contributed by atoms with Gasteiger partial charge >= 0.3 is 0 Å². The number of likely N-dealkylation sites (N-methyl/N-ethyl adjacent to an activating group) is 1. The van der Waals surface area contributed by atoms with E-state index in [9.17, 15) is 4.79 Å². The predicted octanol–water partition coefficient (Wildman–Crippen LogP) is 1.67. The minimum Gasteiger partial charge on any atom is -0.368 e. The van der Waals surface area contributed by atoms with Gasteiger partial charge in [0.25, 0.3) is 0 Å². The Morgan fingerprint density at radius 1 is 1.06 bits per heavy atom. The van der Waals surface area contributed by atoms with Crippen LogP contribution in [0.2, 0.25) is 0 Å². The molecule has 0 aliphatic carbocycles. The van der Waals surface area contributed by atoms with E-state index in [1.165, 1.54) is 11.1 Å². The average Bonchev–Trinajstić information content (AvgIpc) is 3.33. The molecule has 2 unspecified atom stereocenters. The van der Waals surface area contributed by atoms with Gasteiger partial charge in [0.15, 0.2) is 0 Å². The Hall–Kier alpha value is -3.66. The zero-order chi connectivity index (χ0) is 24.7. The van der Waals surface area contributed by atoms with Crippen LogP contribution in [0, 0.1) is 0 Å². The molecule has 1 amide bonds. The number of nitrogens with zero attached hydrogens (tertiary/aromatic N) is 7. The maximum Gasteiger partial charge on any atom is 0.241 e. The van der Waals surface area contributed by atoms with Gasteiger partial charge in [0.05, 0.1) is 6.20 Å². The van der Waals surface area contributed by atoms with Gasteiger partial charge in [-0.1, -0.05) is 12.1 Å². The van der Waals surface area contributed by atoms with E-state index >= 15 is 0 Å². The molecule has 5 rings (SSSR count). The minimum absolute atomic E-state index is 0.280. The molecule has 1 fully saturated rings. The number of anilines is 3. The first-order chi connectivity index (χ1) is 16.8. The SMILES string of the molecule is CC1Cc2ccc(-c3cnn(C(C)C(N)=O)c3)cc2CN1c1cc(N2CCN(C)CC2)nc(N)n1. The number of carbonyl (C=O) groups excluding carboxylic acids is 1. The minimum atomic E-state index is -0.490. The molecule has 10 heteroatoms. The topological polar surface area (TPSA) is 122 Å². The molecule has 4 heterocycles. The number of amides is 1. The molecule has 1 aromatic carbocycles. The lowest BCUT2D eigenvalue weighted by Crippen LogP contribution is -2.45. The van der Waals surface area contributed by atoms with Gasteiger partial charge < -0.3 is 26.2 Å². The van der Waals surface area contributed by atoms with Gasteiger partial charge in [-0.3, -0.25) is 9.48 Å². The van der Waals surface area contributed by atoms with E-state index < -0.39 is 11.9 Å². The third kappa shape index (κ3) is 4.66. The van der Waals surface area contributed by atoms with Crippen LogP contribution in [0.25, 0.3) is 11.1 Å². The molecule has 35 heavy (non-hydrogen) atoms. The molecule has 0 saturated carbocycles. The summed E-state index contributed by atoms with van der Waals surface area (Å²) < 4.78 is 1.61. The molecule has 1 saturated heterocycles. The molecule has 2 aromatic heterocycles. The fourth-order valence-electron chi connectivity index (χ4n) is 4.84. The fourth-order valence-corrected chi connectivity index (χ4v) is 4.84. The van der Waals surface area contributed by atoms with Gasteiger partial charge in [0.1, 0.15) is 17.7 Å². The Labute approximate surface area is 205 Å². The molecule has 0 spiro atoms. The summed E-state index contributed by atoms with van der Waals surface area (Å²) in [6.45, 7) is 8.56. The predicted molar refractivity (Wildman–Crippen MR) is 137 cm³/mol. The van der Waals surface area contributed by atoms with Crippen LogP contribution in [0.5, 0.6) is 0 Å². The van der Waals surface area contributed by atoms with Crippen LogP contribution in [0.4, 0.5) is 17.6 Å². The highest BCUT2D eigenvalue weighted by Gasteiger charge is 2.26. The van der Waals surface area contributed by atoms with Gasteiger partial charge in [-0.25, -0.2) is 0 Å². The lowest BCUT2D eigenvalue weighted by molar-refractivity contribution is -0.120. The number of aromatic nitrogens is 4. The van der Waals surface area contributed by atoms with Crippen molar-refractivity contribution in [3.63, 3.8) is 0 Å². The number of nitrogen functional groups attached to an aromatic ring is 1. The largest absolute Gasteiger partial charge is 0.368 e. The second-order valence-corrected chi connectivity index (χ2v) is 9.68. The third-order valence-corrected chi connectivity index (χ3v) is 7.18. The molecule has 2 aliphatic heterocycles. The van der Waals surface area contributed by atoms with Crippen LogP contribution in [0.15, 0.2) is 36.7 Å². The monoisotopic (exact) mass is 475 g/mol. The summed E-state index contributed by atoms with van der Waals surface area (Å²) >= 11 is 0. The Balaban J connectivity index is 1.41. The van der Waals surface area contributed by atoms with E-state index in [1.807, 2.05) is 6.20 Å². The first-order valence-corrected chi connectivity index (χ1v) is 12.1. The van der Waals surface area contributed by atoms with Crippen molar-refractivity contribution in [2.45, 2.75) is 38.9 Å². The smallest absolute Gasteiger partial charge is 0.241 e. The molecular formula is C25H33N9O. The lowest BCUT2D eigenvalue weighted by atomic mass is 9.92. The zero-order valence-corrected chi connectivity index (χ0v) is 20.6. The van der Waals surface area contributed by atoms with Gasteiger partial charge in [0.2, 0.25) is 11.9 Å². The van der Waals surface area contributed by atoms with Crippen molar-refractivity contribution in [1.82, 2.24) is 24.6 Å². The lowest BCUT2D eigenvalue weighted by Gasteiger charge is -2.37. The van der Waals surface area contributed by atoms with Gasteiger partial charge in [-0.05, 0) is 50.1 Å². The van der Waals surface area contributed by atoms with E-state index in [2.05, 4.69) is 68.0 Å². The second-order valence-electron chi connectivity index (χ2n) is 9.68. The van der Waals surface area contributed by atoms with E-state index in [0.717, 1.165) is 61.9 Å². The molecule has 4 N–H and O–H groups in total. The summed E-state index contributed by atoms with van der Waals surface area (Å²) in [6, 6.07) is 8.37. The van der Waals surface area contributed by atoms with Crippen LogP contribution in [0.1, 0.15) is 31.0 Å². The molecule has 0 bridgehead atoms. The Morgan fingerprint density at radius 3 is 2.54 bits per heavy atom. The number of hydrogen-bond acceptors (Lipinski definition) is 8. The van der Waals surface area contributed by atoms with E-state index in [1.54, 1.807) is 17.8 Å². The van der Waals surface area contributed by atoms with Gasteiger partial charge in [0, 0.05) is 56.6 Å². The van der Waals surface area contributed by atoms with Crippen LogP contribution in [-0.4, -0.2) is 69.8 Å². The molecule has 184 valence electrons. The summed E-state index contributed by atoms with van der Waals surface area (Å²) in [7, 11) is 2.14. The summed E-state index contributed by atoms with van der Waals surface area (Å²) in [5, 5.41) is 4.34. The number of benzene rings is 1. The number of hydrogen-bond donors (Lipinski definition) is 2. The van der Waals surface area contributed by atoms with E-state index in [-0.39, 0.29) is 6.04 Å². The zero-order valence-electron chi connectivity index (χ0n) is 20.6. The highest BCUT2D eigenvalue weighted by atomic mass is 16.1. The maximum atomic E-state index is 11.5. The Kier molecular flexibility index (Phi) is 6.06. The average molecular weight is 476 g/mol. The number of rotatable bonds is 5. The quantitative estimate of drug-likeness (QED) is 0.571. The Morgan fingerprint density at radius 2 is 1.80 bits per heavy atom. The van der Waals surface area contributed by atoms with Crippen molar-refractivity contribution in [2.24, 2.45) is 5.73 Å². The van der Waals surface area contributed by atoms with Gasteiger partial charge in [-0.2, -0.15) is 15.1 Å². The number of carbonyl (C=O) groups is 1. The summed E-state index contributed by atoms with van der Waals surface area (Å²) in [5.74, 6) is 1.65. The molecule has 10 nitrogen and oxygen atoms in total. The summed E-state index contributed by atoms with van der Waals surface area (Å²) in [4.78, 5) is 27.6. The first kappa shape index (κ1) is 23.1. The van der Waals surface area contributed by atoms with Crippen molar-refractivity contribution in [2.75, 3.05) is 48.8 Å². The van der Waals surface area contributed by atoms with Crippen LogP contribution in [0.3, 0.4) is 0 Å². The fraction of sp³-hybridized carbons (Fsp3) is 0.440. The van der Waals surface area contributed by atoms with Crippen molar-refractivity contribution >= 4 is 23.5 Å². The molecule has 2 atom stereocenters. The standard InChI is InChI=1S/C25H33N9O/c1-16-10-18-4-5-19(21-13-28-34(15-21)17(2)24(26)35)11-20(18)14-33(16)23-12-22(29-25(27)30-23)32-8-6-31(3)7-9-32/h4-5,11-13,15-17H,6-10,14H2,1-3H3,(H2,26,35)(H2,27,29,30). The van der Waals surface area contributed by atoms with Crippen LogP contribution in [-0.2, 0) is 17.8 Å². The van der Waals surface area contributed by atoms with Gasteiger partial charge in [-0.15, -0.1) is 0 Å². The van der Waals surface area contributed by atoms with E-state index in [0.29, 0.717) is 5.95 Å². The number of nitrogens with two attached hydrogens (primary N) is 2. The van der Waals surface area contributed by atoms with Crippen LogP contribution < -0.4 is 21.3 Å². The van der Waals surface area contributed by atoms with Crippen molar-refractivity contribution in [3.05, 3.63) is 47.8 Å². The van der Waals surface area contributed by atoms with E-state index in [4.69, 9.17) is 11.5 Å². The summed E-state index contributed by atoms with van der Waals surface area (Å²) in [6.07, 6.45) is 4.56. The Bertz CT molecular complexity index is 1230. The third-order valence-electron chi connectivity index (χ3n) is 7.18. The highest BCUT2D eigenvalue weighted by molar-refractivity contribution is 5.78. The normalized spacial score (nSPS) is 19.5. The number of piperazine rings is 1. The van der Waals surface area contributed by atoms with Crippen molar-refractivity contribution < 1.29 is 4.79 Å². The first-order valence-electron chi connectivity index (χ1n) is 12.1. The number of primary amides is 1. The van der Waals surface area contributed by atoms with Crippen molar-refractivity contribution in [3.8, 4) is 11.1 Å². The molecular weight excluding hydrogens is 442 g/mol.